The van der Waals surface area contributed by atoms with Gasteiger partial charge in [-0.1, -0.05) is 18.5 Å². The Hall–Kier alpha value is -0.0000000000000000555. The fourth-order valence-electron chi connectivity index (χ4n) is 1.58. The van der Waals surface area contributed by atoms with Crippen molar-refractivity contribution in [3.05, 3.63) is 5.15 Å². The molecule has 2 heterocycles. The van der Waals surface area contributed by atoms with Crippen LogP contribution in [0.5, 0.6) is 0 Å². The van der Waals surface area contributed by atoms with Crippen molar-refractivity contribution in [2.45, 2.75) is 25.1 Å². The normalized spacial score (nSPS) is 28.1. The lowest BCUT2D eigenvalue weighted by molar-refractivity contribution is 0.622. The van der Waals surface area contributed by atoms with E-state index in [0.717, 1.165) is 18.1 Å². The monoisotopic (exact) mass is 249 g/mol. The molecule has 1 aliphatic rings. The molecule has 0 aromatic carbocycles. The van der Waals surface area contributed by atoms with Gasteiger partial charge in [0.25, 0.3) is 0 Å². The van der Waals surface area contributed by atoms with E-state index in [1.807, 2.05) is 11.8 Å². The smallest absolute Gasteiger partial charge is 0.187 e. The summed E-state index contributed by atoms with van der Waals surface area (Å²) in [5.74, 6) is 2.00. The predicted molar refractivity (Wildman–Crippen MR) is 63.6 cm³/mol. The van der Waals surface area contributed by atoms with Gasteiger partial charge in [0, 0.05) is 23.6 Å². The summed E-state index contributed by atoms with van der Waals surface area (Å²) >= 11 is 9.16. The van der Waals surface area contributed by atoms with Crippen LogP contribution in [0.15, 0.2) is 0 Å². The van der Waals surface area contributed by atoms with Gasteiger partial charge in [-0.05, 0) is 6.92 Å². The lowest BCUT2D eigenvalue weighted by Gasteiger charge is -2.37. The van der Waals surface area contributed by atoms with Crippen LogP contribution in [0.1, 0.15) is 13.8 Å². The molecule has 1 fully saturated rings. The van der Waals surface area contributed by atoms with Crippen molar-refractivity contribution in [3.8, 4) is 0 Å². The van der Waals surface area contributed by atoms with Crippen LogP contribution in [0.25, 0.3) is 0 Å². The number of rotatable bonds is 1. The van der Waals surface area contributed by atoms with E-state index in [-0.39, 0.29) is 0 Å². The topological polar surface area (TPSA) is 29.0 Å². The third-order valence-electron chi connectivity index (χ3n) is 2.59. The first kappa shape index (κ1) is 10.5. The molecule has 78 valence electrons. The Bertz CT molecular complexity index is 317. The molecule has 0 amide bonds. The van der Waals surface area contributed by atoms with Gasteiger partial charge in [0.05, 0.1) is 11.7 Å². The molecular weight excluding hydrogens is 238 g/mol. The van der Waals surface area contributed by atoms with Gasteiger partial charge in [0.2, 0.25) is 0 Å². The van der Waals surface area contributed by atoms with Crippen molar-refractivity contribution < 1.29 is 0 Å². The number of aromatic nitrogens is 2. The molecule has 2 unspecified atom stereocenters. The number of hydrogen-bond donors (Lipinski definition) is 0. The summed E-state index contributed by atoms with van der Waals surface area (Å²) in [5, 5.41) is 1.17. The Morgan fingerprint density at radius 2 is 2.21 bits per heavy atom. The minimum atomic E-state index is 0.482. The van der Waals surface area contributed by atoms with Gasteiger partial charge >= 0.3 is 0 Å². The summed E-state index contributed by atoms with van der Waals surface area (Å²) in [7, 11) is 0. The number of nitrogens with zero attached hydrogens (tertiary/aromatic N) is 3. The summed E-state index contributed by atoms with van der Waals surface area (Å²) in [6.45, 7) is 5.48. The Labute approximate surface area is 97.2 Å². The highest BCUT2D eigenvalue weighted by Crippen LogP contribution is 2.31. The van der Waals surface area contributed by atoms with Crippen LogP contribution in [0.3, 0.4) is 0 Å². The lowest BCUT2D eigenvalue weighted by atomic mass is 10.2. The number of hydrogen-bond acceptors (Lipinski definition) is 5. The first-order valence-electron chi connectivity index (χ1n) is 4.56. The molecule has 1 aromatic heterocycles. The van der Waals surface area contributed by atoms with E-state index in [1.54, 1.807) is 0 Å². The van der Waals surface area contributed by atoms with Crippen molar-refractivity contribution in [2.24, 2.45) is 0 Å². The molecule has 0 N–H and O–H groups in total. The quantitative estimate of drug-likeness (QED) is 0.765. The lowest BCUT2D eigenvalue weighted by Crippen LogP contribution is -2.45. The highest BCUT2D eigenvalue weighted by atomic mass is 35.5. The maximum absolute atomic E-state index is 5.97. The molecule has 6 heteroatoms. The minimum absolute atomic E-state index is 0.482. The molecule has 0 aliphatic carbocycles. The van der Waals surface area contributed by atoms with Gasteiger partial charge in [-0.25, -0.2) is 0 Å². The van der Waals surface area contributed by atoms with Crippen molar-refractivity contribution in [1.82, 2.24) is 8.75 Å². The van der Waals surface area contributed by atoms with Gasteiger partial charge in [0.15, 0.2) is 11.0 Å². The summed E-state index contributed by atoms with van der Waals surface area (Å²) in [4.78, 5) is 2.26. The van der Waals surface area contributed by atoms with Gasteiger partial charge < -0.3 is 4.90 Å². The zero-order chi connectivity index (χ0) is 10.1. The molecule has 0 saturated carbocycles. The summed E-state index contributed by atoms with van der Waals surface area (Å²) < 4.78 is 8.24. The van der Waals surface area contributed by atoms with E-state index in [1.165, 1.54) is 11.7 Å². The van der Waals surface area contributed by atoms with Crippen LogP contribution in [-0.2, 0) is 0 Å². The second kappa shape index (κ2) is 4.24. The Morgan fingerprint density at radius 1 is 1.43 bits per heavy atom. The molecule has 3 nitrogen and oxygen atoms in total. The van der Waals surface area contributed by atoms with Crippen molar-refractivity contribution >= 4 is 40.9 Å². The fraction of sp³-hybridized carbons (Fsp3) is 0.750. The standard InChI is InChI=1S/C8H12ClN3S2/c1-5-6(2)13-4-3-12(5)8-7(9)10-14-11-8/h5-6H,3-4H2,1-2H3. The van der Waals surface area contributed by atoms with E-state index in [9.17, 15) is 0 Å². The average Bonchev–Trinajstić information content (AvgIpc) is 2.57. The largest absolute Gasteiger partial charge is 0.349 e. The number of thioether (sulfide) groups is 1. The van der Waals surface area contributed by atoms with Gasteiger partial charge in [-0.15, -0.1) is 0 Å². The predicted octanol–water partition coefficient (Wildman–Crippen LogP) is 2.52. The van der Waals surface area contributed by atoms with E-state index < -0.39 is 0 Å². The molecule has 0 radical (unpaired) electrons. The third-order valence-corrected chi connectivity index (χ3v) is 4.80. The van der Waals surface area contributed by atoms with Crippen LogP contribution in [0.2, 0.25) is 5.15 Å². The first-order valence-corrected chi connectivity index (χ1v) is 6.72. The highest BCUT2D eigenvalue weighted by molar-refractivity contribution is 8.00. The van der Waals surface area contributed by atoms with Crippen molar-refractivity contribution in [1.29, 1.82) is 0 Å². The molecule has 14 heavy (non-hydrogen) atoms. The van der Waals surface area contributed by atoms with Crippen LogP contribution in [0.4, 0.5) is 5.82 Å². The van der Waals surface area contributed by atoms with Crippen molar-refractivity contribution in [2.75, 3.05) is 17.2 Å². The molecule has 1 saturated heterocycles. The van der Waals surface area contributed by atoms with E-state index in [2.05, 4.69) is 27.5 Å². The minimum Gasteiger partial charge on any atom is -0.349 e. The zero-order valence-electron chi connectivity index (χ0n) is 8.11. The van der Waals surface area contributed by atoms with Crippen molar-refractivity contribution in [3.63, 3.8) is 0 Å². The summed E-state index contributed by atoms with van der Waals surface area (Å²) in [6.07, 6.45) is 0. The maximum Gasteiger partial charge on any atom is 0.187 e. The van der Waals surface area contributed by atoms with Crippen LogP contribution < -0.4 is 4.90 Å². The molecule has 0 spiro atoms. The molecule has 0 bridgehead atoms. The van der Waals surface area contributed by atoms with Gasteiger partial charge in [-0.2, -0.15) is 20.5 Å². The summed E-state index contributed by atoms with van der Waals surface area (Å²) in [6, 6.07) is 0.482. The summed E-state index contributed by atoms with van der Waals surface area (Å²) in [5.41, 5.74) is 0. The number of anilines is 1. The van der Waals surface area contributed by atoms with Gasteiger partial charge in [-0.3, -0.25) is 0 Å². The Morgan fingerprint density at radius 3 is 2.86 bits per heavy atom. The number of halogens is 1. The van der Waals surface area contributed by atoms with Crippen LogP contribution in [0, 0.1) is 0 Å². The molecular formula is C8H12ClN3S2. The fourth-order valence-corrected chi connectivity index (χ4v) is 3.43. The molecule has 1 aliphatic heterocycles. The van der Waals surface area contributed by atoms with E-state index >= 15 is 0 Å². The molecule has 2 atom stereocenters. The zero-order valence-corrected chi connectivity index (χ0v) is 10.5. The average molecular weight is 250 g/mol. The second-order valence-electron chi connectivity index (χ2n) is 3.39. The first-order chi connectivity index (χ1) is 6.70. The van der Waals surface area contributed by atoms with E-state index in [0.29, 0.717) is 16.4 Å². The second-order valence-corrected chi connectivity index (χ2v) is 5.76. The van der Waals surface area contributed by atoms with Crippen LogP contribution in [-0.4, -0.2) is 32.3 Å². The maximum atomic E-state index is 5.97. The Balaban J connectivity index is 2.21. The highest BCUT2D eigenvalue weighted by Gasteiger charge is 2.28. The molecule has 2 rings (SSSR count). The SMILES string of the molecule is CC1SCCN(c2nsnc2Cl)C1C. The van der Waals surface area contributed by atoms with Crippen LogP contribution >= 0.6 is 35.1 Å². The van der Waals surface area contributed by atoms with Gasteiger partial charge in [0.1, 0.15) is 0 Å². The molecule has 1 aromatic rings. The Kier molecular flexibility index (Phi) is 3.19. The van der Waals surface area contributed by atoms with E-state index in [4.69, 9.17) is 11.6 Å². The third kappa shape index (κ3) is 1.85.